The molecule has 16 heavy (non-hydrogen) atoms. The van der Waals surface area contributed by atoms with Crippen molar-refractivity contribution in [3.8, 4) is 5.75 Å². The second kappa shape index (κ2) is 6.28. The van der Waals surface area contributed by atoms with Gasteiger partial charge in [0.15, 0.2) is 6.29 Å². The Morgan fingerprint density at radius 3 is 2.44 bits per heavy atom. The second-order valence-corrected chi connectivity index (χ2v) is 3.84. The molecule has 0 aliphatic rings. The van der Waals surface area contributed by atoms with Gasteiger partial charge in [-0.15, -0.1) is 0 Å². The van der Waals surface area contributed by atoms with Gasteiger partial charge >= 0.3 is 0 Å². The lowest BCUT2D eigenvalue weighted by molar-refractivity contribution is 0.112. The van der Waals surface area contributed by atoms with Crippen molar-refractivity contribution >= 4 is 34.4 Å². The molecule has 0 saturated carbocycles. The Kier molecular flexibility index (Phi) is 4.99. The molecule has 0 unspecified atom stereocenters. The number of halogens is 1. The molecule has 84 valence electrons. The number of hydrogen-bond acceptors (Lipinski definition) is 2. The summed E-state index contributed by atoms with van der Waals surface area (Å²) in [6.45, 7) is 7.99. The van der Waals surface area contributed by atoms with E-state index in [-0.39, 0.29) is 0 Å². The van der Waals surface area contributed by atoms with E-state index in [0.717, 1.165) is 28.5 Å². The molecule has 0 aliphatic heterocycles. The van der Waals surface area contributed by atoms with Gasteiger partial charge in [0.25, 0.3) is 0 Å². The third-order valence-corrected chi connectivity index (χ3v) is 2.47. The minimum absolute atomic E-state index is 0.567. The number of alkyl halides is 1. The fourth-order valence-electron chi connectivity index (χ4n) is 1.45. The Bertz CT molecular complexity index is 411. The van der Waals surface area contributed by atoms with E-state index in [1.807, 2.05) is 0 Å². The first-order valence-corrected chi connectivity index (χ1v) is 5.96. The lowest BCUT2D eigenvalue weighted by atomic mass is 10.0. The Labute approximate surface area is 104 Å². The zero-order valence-electron chi connectivity index (χ0n) is 8.91. The highest BCUT2D eigenvalue weighted by Crippen LogP contribution is 2.27. The van der Waals surface area contributed by atoms with Crippen LogP contribution in [0.15, 0.2) is 25.3 Å². The van der Waals surface area contributed by atoms with Crippen LogP contribution >= 0.6 is 15.9 Å². The van der Waals surface area contributed by atoms with E-state index in [9.17, 15) is 4.79 Å². The molecule has 0 atom stereocenters. The van der Waals surface area contributed by atoms with Gasteiger partial charge in [-0.05, 0) is 17.7 Å². The summed E-state index contributed by atoms with van der Waals surface area (Å²) in [6, 6.07) is 3.50. The lowest BCUT2D eigenvalue weighted by Gasteiger charge is -2.12. The molecule has 0 N–H and O–H groups in total. The molecule has 0 heterocycles. The average molecular weight is 281 g/mol. The molecule has 0 amide bonds. The number of rotatable bonds is 6. The summed E-state index contributed by atoms with van der Waals surface area (Å²) >= 11 is 3.29. The van der Waals surface area contributed by atoms with Gasteiger partial charge in [0.05, 0.1) is 6.61 Å². The van der Waals surface area contributed by atoms with Crippen LogP contribution in [0.2, 0.25) is 0 Å². The summed E-state index contributed by atoms with van der Waals surface area (Å²) in [6.07, 6.45) is 4.12. The van der Waals surface area contributed by atoms with E-state index in [0.29, 0.717) is 12.2 Å². The van der Waals surface area contributed by atoms with Crippen LogP contribution in [0.1, 0.15) is 21.5 Å². The Balaban J connectivity index is 3.25. The molecule has 1 rings (SSSR count). The molecule has 0 saturated heterocycles. The third-order valence-electron chi connectivity index (χ3n) is 2.15. The van der Waals surface area contributed by atoms with Crippen molar-refractivity contribution < 1.29 is 9.53 Å². The van der Waals surface area contributed by atoms with Crippen molar-refractivity contribution in [2.45, 2.75) is 0 Å². The van der Waals surface area contributed by atoms with Crippen LogP contribution in [0.5, 0.6) is 5.75 Å². The standard InChI is InChI=1S/C13H13BrO2/c1-3-11-10(9-15)5-6-13(12(11)4-2)16-8-7-14/h3-6,9H,1-2,7-8H2. The molecule has 0 radical (unpaired) electrons. The normalized spacial score (nSPS) is 9.56. The zero-order valence-corrected chi connectivity index (χ0v) is 10.5. The molecule has 2 nitrogen and oxygen atoms in total. The third kappa shape index (κ3) is 2.61. The van der Waals surface area contributed by atoms with Crippen molar-refractivity contribution in [2.24, 2.45) is 0 Å². The van der Waals surface area contributed by atoms with E-state index in [2.05, 4.69) is 29.1 Å². The molecule has 0 fully saturated rings. The summed E-state index contributed by atoms with van der Waals surface area (Å²) in [7, 11) is 0. The summed E-state index contributed by atoms with van der Waals surface area (Å²) in [4.78, 5) is 10.8. The van der Waals surface area contributed by atoms with Crippen LogP contribution < -0.4 is 4.74 Å². The summed E-state index contributed by atoms with van der Waals surface area (Å²) in [5.41, 5.74) is 2.16. The average Bonchev–Trinajstić information content (AvgIpc) is 2.34. The molecule has 0 spiro atoms. The second-order valence-electron chi connectivity index (χ2n) is 3.04. The van der Waals surface area contributed by atoms with E-state index < -0.39 is 0 Å². The van der Waals surface area contributed by atoms with Crippen LogP contribution in [-0.2, 0) is 0 Å². The first kappa shape index (κ1) is 12.7. The van der Waals surface area contributed by atoms with Crippen LogP contribution in [0, 0.1) is 0 Å². The molecule has 0 bridgehead atoms. The van der Waals surface area contributed by atoms with Crippen molar-refractivity contribution in [3.05, 3.63) is 42.0 Å². The molecule has 1 aromatic carbocycles. The maximum Gasteiger partial charge on any atom is 0.150 e. The molecule has 0 aliphatic carbocycles. The smallest absolute Gasteiger partial charge is 0.150 e. The van der Waals surface area contributed by atoms with E-state index in [1.54, 1.807) is 24.3 Å². The number of carbonyl (C=O) groups is 1. The predicted octanol–water partition coefficient (Wildman–Crippen LogP) is 3.56. The van der Waals surface area contributed by atoms with Gasteiger partial charge in [-0.1, -0.05) is 41.2 Å². The molecule has 0 aromatic heterocycles. The van der Waals surface area contributed by atoms with E-state index in [4.69, 9.17) is 4.74 Å². The van der Waals surface area contributed by atoms with Gasteiger partial charge < -0.3 is 4.74 Å². The van der Waals surface area contributed by atoms with Gasteiger partial charge in [-0.3, -0.25) is 4.79 Å². The minimum atomic E-state index is 0.567. The Hall–Kier alpha value is -1.35. The number of hydrogen-bond donors (Lipinski definition) is 0. The molecule has 1 aromatic rings. The summed E-state index contributed by atoms with van der Waals surface area (Å²) in [5.74, 6) is 0.718. The monoisotopic (exact) mass is 280 g/mol. The van der Waals surface area contributed by atoms with Gasteiger partial charge in [-0.25, -0.2) is 0 Å². The molecule has 3 heteroatoms. The summed E-state index contributed by atoms with van der Waals surface area (Å²) in [5, 5.41) is 0.752. The van der Waals surface area contributed by atoms with Crippen LogP contribution in [0.3, 0.4) is 0 Å². The van der Waals surface area contributed by atoms with Crippen LogP contribution in [-0.4, -0.2) is 18.2 Å². The number of carbonyl (C=O) groups excluding carboxylic acids is 1. The Morgan fingerprint density at radius 2 is 1.94 bits per heavy atom. The topological polar surface area (TPSA) is 26.3 Å². The van der Waals surface area contributed by atoms with Crippen molar-refractivity contribution in [1.29, 1.82) is 0 Å². The lowest BCUT2D eigenvalue weighted by Crippen LogP contribution is -2.01. The molecular formula is C13H13BrO2. The van der Waals surface area contributed by atoms with Crippen molar-refractivity contribution in [2.75, 3.05) is 11.9 Å². The van der Waals surface area contributed by atoms with E-state index in [1.165, 1.54) is 0 Å². The maximum absolute atomic E-state index is 10.8. The SMILES string of the molecule is C=Cc1c(C=O)ccc(OCCBr)c1C=C. The highest BCUT2D eigenvalue weighted by molar-refractivity contribution is 9.09. The minimum Gasteiger partial charge on any atom is -0.492 e. The van der Waals surface area contributed by atoms with Crippen LogP contribution in [0.4, 0.5) is 0 Å². The highest BCUT2D eigenvalue weighted by Gasteiger charge is 2.09. The highest BCUT2D eigenvalue weighted by atomic mass is 79.9. The largest absolute Gasteiger partial charge is 0.492 e. The molecular weight excluding hydrogens is 268 g/mol. The van der Waals surface area contributed by atoms with Crippen LogP contribution in [0.25, 0.3) is 12.2 Å². The van der Waals surface area contributed by atoms with E-state index >= 15 is 0 Å². The van der Waals surface area contributed by atoms with Gasteiger partial charge in [0.2, 0.25) is 0 Å². The Morgan fingerprint density at radius 1 is 1.25 bits per heavy atom. The van der Waals surface area contributed by atoms with Gasteiger partial charge in [0, 0.05) is 16.5 Å². The number of benzene rings is 1. The fourth-order valence-corrected chi connectivity index (χ4v) is 1.61. The van der Waals surface area contributed by atoms with Crippen molar-refractivity contribution in [3.63, 3.8) is 0 Å². The van der Waals surface area contributed by atoms with Gasteiger partial charge in [-0.2, -0.15) is 0 Å². The van der Waals surface area contributed by atoms with Gasteiger partial charge in [0.1, 0.15) is 5.75 Å². The maximum atomic E-state index is 10.8. The summed E-state index contributed by atoms with van der Waals surface area (Å²) < 4.78 is 5.54. The first-order valence-electron chi connectivity index (χ1n) is 4.84. The van der Waals surface area contributed by atoms with Crippen molar-refractivity contribution in [1.82, 2.24) is 0 Å². The first-order chi connectivity index (χ1) is 7.78. The quantitative estimate of drug-likeness (QED) is 0.588. The zero-order chi connectivity index (χ0) is 12.0. The predicted molar refractivity (Wildman–Crippen MR) is 71.3 cm³/mol. The number of ether oxygens (including phenoxy) is 1. The number of aldehydes is 1. The fraction of sp³-hybridized carbons (Fsp3) is 0.154.